The number of sulfonamides is 1. The Bertz CT molecular complexity index is 1720. The number of halogens is 3. The van der Waals surface area contributed by atoms with E-state index in [0.717, 1.165) is 0 Å². The molecule has 0 saturated heterocycles. The number of esters is 1. The zero-order chi connectivity index (χ0) is 31.4. The zero-order valence-electron chi connectivity index (χ0n) is 23.1. The first-order chi connectivity index (χ1) is 20.1. The molecule has 0 radical (unpaired) electrons. The number of aryl methyl sites for hydroxylation is 1. The van der Waals surface area contributed by atoms with E-state index in [2.05, 4.69) is 15.0 Å². The van der Waals surface area contributed by atoms with Crippen LogP contribution < -0.4 is 10.0 Å². The maximum absolute atomic E-state index is 13.1. The molecule has 4 rings (SSSR count). The van der Waals surface area contributed by atoms with Crippen molar-refractivity contribution in [2.45, 2.75) is 49.5 Å². The van der Waals surface area contributed by atoms with Crippen LogP contribution in [0.4, 0.5) is 18.9 Å². The summed E-state index contributed by atoms with van der Waals surface area (Å²) in [5.74, 6) is -3.44. The Hall–Kier alpha value is -4.43. The molecule has 0 aliphatic heterocycles. The number of fused-ring (bicyclic) bond motifs is 1. The van der Waals surface area contributed by atoms with E-state index in [4.69, 9.17) is 4.74 Å². The molecule has 1 heterocycles. The summed E-state index contributed by atoms with van der Waals surface area (Å²) in [6, 6.07) is 17.8. The smallest absolute Gasteiger partial charge is 0.478 e. The van der Waals surface area contributed by atoms with E-state index < -0.39 is 39.8 Å². The van der Waals surface area contributed by atoms with Gasteiger partial charge in [-0.25, -0.2) is 23.0 Å². The Morgan fingerprint density at radius 3 is 2.42 bits per heavy atom. The molecule has 0 fully saturated rings. The molecule has 3 aromatic carbocycles. The fourth-order valence-corrected chi connectivity index (χ4v) is 5.34. The SMILES string of the molecule is CC(C)(CCn1cnc2cc(C(=O)O)ccc21)NC[C@H](OC(=O)C(F)(F)F)c1cccc(NS(=O)(=O)c2ccccc2)c1. The molecule has 3 N–H and O–H groups in total. The zero-order valence-corrected chi connectivity index (χ0v) is 23.9. The van der Waals surface area contributed by atoms with E-state index >= 15 is 0 Å². The van der Waals surface area contributed by atoms with Crippen LogP contribution in [0, 0.1) is 0 Å². The maximum atomic E-state index is 13.1. The van der Waals surface area contributed by atoms with Gasteiger partial charge in [0.2, 0.25) is 0 Å². The Morgan fingerprint density at radius 1 is 1.02 bits per heavy atom. The summed E-state index contributed by atoms with van der Waals surface area (Å²) in [5.41, 5.74) is 0.874. The Kier molecular flexibility index (Phi) is 9.11. The lowest BCUT2D eigenvalue weighted by molar-refractivity contribution is -0.205. The lowest BCUT2D eigenvalue weighted by atomic mass is 9.99. The number of rotatable bonds is 12. The lowest BCUT2D eigenvalue weighted by Gasteiger charge is -2.30. The van der Waals surface area contributed by atoms with Gasteiger partial charge in [0.15, 0.2) is 0 Å². The molecule has 43 heavy (non-hydrogen) atoms. The van der Waals surface area contributed by atoms with Gasteiger partial charge in [-0.1, -0.05) is 30.3 Å². The van der Waals surface area contributed by atoms with E-state index in [1.54, 1.807) is 30.6 Å². The van der Waals surface area contributed by atoms with Crippen LogP contribution in [0.1, 0.15) is 42.3 Å². The van der Waals surface area contributed by atoms with Crippen molar-refractivity contribution in [2.75, 3.05) is 11.3 Å². The second-order valence-corrected chi connectivity index (χ2v) is 12.1. The molecule has 0 bridgehead atoms. The molecule has 0 saturated carbocycles. The number of nitrogens with one attached hydrogen (secondary N) is 2. The summed E-state index contributed by atoms with van der Waals surface area (Å²) in [6.07, 6.45) is -4.60. The van der Waals surface area contributed by atoms with Crippen molar-refractivity contribution in [2.24, 2.45) is 0 Å². The monoisotopic (exact) mass is 618 g/mol. The van der Waals surface area contributed by atoms with Gasteiger partial charge >= 0.3 is 18.1 Å². The third-order valence-electron chi connectivity index (χ3n) is 6.66. The van der Waals surface area contributed by atoms with Gasteiger partial charge in [-0.15, -0.1) is 0 Å². The van der Waals surface area contributed by atoms with Crippen molar-refractivity contribution in [1.29, 1.82) is 0 Å². The average molecular weight is 619 g/mol. The van der Waals surface area contributed by atoms with Crippen molar-refractivity contribution in [1.82, 2.24) is 14.9 Å². The van der Waals surface area contributed by atoms with Crippen LogP contribution in [-0.2, 0) is 26.1 Å². The Balaban J connectivity index is 1.49. The van der Waals surface area contributed by atoms with Gasteiger partial charge in [0.25, 0.3) is 10.0 Å². The third kappa shape index (κ3) is 8.11. The van der Waals surface area contributed by atoms with Gasteiger partial charge < -0.3 is 19.7 Å². The first-order valence-electron chi connectivity index (χ1n) is 13.0. The molecule has 228 valence electrons. The molecule has 1 atom stereocenters. The standard InChI is InChI=1S/C29H29F3N4O6S/c1-28(2,13-14-36-18-33-23-16-20(26(37)38)11-12-24(23)36)34-17-25(42-27(39)29(30,31)32)19-7-6-8-21(15-19)35-43(40,41)22-9-4-3-5-10-22/h3-12,15-16,18,25,34-35H,13-14,17H2,1-2H3,(H,37,38)/t25-/m0/s1. The highest BCUT2D eigenvalue weighted by molar-refractivity contribution is 7.92. The second kappa shape index (κ2) is 12.4. The van der Waals surface area contributed by atoms with Gasteiger partial charge in [0, 0.05) is 24.3 Å². The fraction of sp³-hybridized carbons (Fsp3) is 0.276. The summed E-state index contributed by atoms with van der Waals surface area (Å²) in [4.78, 5) is 27.3. The van der Waals surface area contributed by atoms with E-state index in [0.29, 0.717) is 24.0 Å². The number of ether oxygens (including phenoxy) is 1. The quantitative estimate of drug-likeness (QED) is 0.186. The Labute approximate surface area is 245 Å². The fourth-order valence-electron chi connectivity index (χ4n) is 4.27. The number of hydrogen-bond acceptors (Lipinski definition) is 7. The number of carbonyl (C=O) groups excluding carboxylic acids is 1. The summed E-state index contributed by atoms with van der Waals surface area (Å²) >= 11 is 0. The Morgan fingerprint density at radius 2 is 1.74 bits per heavy atom. The van der Waals surface area contributed by atoms with Gasteiger partial charge in [0.1, 0.15) is 6.10 Å². The van der Waals surface area contributed by atoms with Crippen molar-refractivity contribution >= 4 is 38.7 Å². The number of imidazole rings is 1. The molecular weight excluding hydrogens is 589 g/mol. The van der Waals surface area contributed by atoms with E-state index in [1.165, 1.54) is 48.5 Å². The topological polar surface area (TPSA) is 140 Å². The molecule has 0 aliphatic rings. The van der Waals surface area contributed by atoms with Crippen LogP contribution in [0.15, 0.2) is 84.0 Å². The van der Waals surface area contributed by atoms with Gasteiger partial charge in [-0.3, -0.25) is 4.72 Å². The molecule has 1 aromatic heterocycles. The highest BCUT2D eigenvalue weighted by Crippen LogP contribution is 2.27. The van der Waals surface area contributed by atoms with Crippen molar-refractivity contribution in [3.05, 3.63) is 90.3 Å². The molecule has 0 unspecified atom stereocenters. The van der Waals surface area contributed by atoms with Gasteiger partial charge in [-0.2, -0.15) is 13.2 Å². The van der Waals surface area contributed by atoms with Crippen LogP contribution in [0.25, 0.3) is 11.0 Å². The molecule has 0 spiro atoms. The number of nitrogens with zero attached hydrogens (tertiary/aromatic N) is 2. The summed E-state index contributed by atoms with van der Waals surface area (Å²) < 4.78 is 74.0. The number of anilines is 1. The van der Waals surface area contributed by atoms with Crippen molar-refractivity contribution in [3.8, 4) is 0 Å². The summed E-state index contributed by atoms with van der Waals surface area (Å²) in [6.45, 7) is 3.87. The van der Waals surface area contributed by atoms with E-state index in [1.807, 2.05) is 18.4 Å². The second-order valence-electron chi connectivity index (χ2n) is 10.4. The lowest BCUT2D eigenvalue weighted by Crippen LogP contribution is -2.43. The van der Waals surface area contributed by atoms with E-state index in [9.17, 15) is 36.3 Å². The normalized spacial score (nSPS) is 13.0. The van der Waals surface area contributed by atoms with Crippen molar-refractivity contribution < 1.29 is 41.0 Å². The highest BCUT2D eigenvalue weighted by atomic mass is 32.2. The number of carbonyl (C=O) groups is 2. The predicted octanol–water partition coefficient (Wildman–Crippen LogP) is 5.14. The number of benzene rings is 3. The number of hydrogen-bond donors (Lipinski definition) is 3. The van der Waals surface area contributed by atoms with Crippen LogP contribution in [-0.4, -0.2) is 53.3 Å². The number of alkyl halides is 3. The highest BCUT2D eigenvalue weighted by Gasteiger charge is 2.42. The predicted molar refractivity (Wildman–Crippen MR) is 152 cm³/mol. The maximum Gasteiger partial charge on any atom is 0.490 e. The molecule has 10 nitrogen and oxygen atoms in total. The van der Waals surface area contributed by atoms with Crippen LogP contribution >= 0.6 is 0 Å². The first kappa shape index (κ1) is 31.5. The molecule has 0 amide bonds. The number of aromatic carboxylic acids is 1. The van der Waals surface area contributed by atoms with Gasteiger partial charge in [-0.05, 0) is 68.3 Å². The largest absolute Gasteiger partial charge is 0.490 e. The van der Waals surface area contributed by atoms with E-state index in [-0.39, 0.29) is 28.3 Å². The molecular formula is C29H29F3N4O6S. The molecule has 4 aromatic rings. The van der Waals surface area contributed by atoms with Crippen LogP contribution in [0.5, 0.6) is 0 Å². The van der Waals surface area contributed by atoms with Crippen LogP contribution in [0.3, 0.4) is 0 Å². The van der Waals surface area contributed by atoms with Gasteiger partial charge in [0.05, 0.1) is 27.8 Å². The summed E-state index contributed by atoms with van der Waals surface area (Å²) in [5, 5.41) is 12.3. The average Bonchev–Trinajstić information content (AvgIpc) is 3.36. The molecule has 0 aliphatic carbocycles. The number of carboxylic acids is 1. The number of aromatic nitrogens is 2. The minimum Gasteiger partial charge on any atom is -0.478 e. The third-order valence-corrected chi connectivity index (χ3v) is 8.05. The van der Waals surface area contributed by atoms with Crippen molar-refractivity contribution in [3.63, 3.8) is 0 Å². The van der Waals surface area contributed by atoms with Crippen LogP contribution in [0.2, 0.25) is 0 Å². The minimum absolute atomic E-state index is 0.00290. The molecule has 14 heteroatoms. The summed E-state index contributed by atoms with van der Waals surface area (Å²) in [7, 11) is -3.98. The minimum atomic E-state index is -5.23. The number of carboxylic acid groups (broad SMARTS) is 1. The first-order valence-corrected chi connectivity index (χ1v) is 14.5.